The monoisotopic (exact) mass is 389 g/mol. The summed E-state index contributed by atoms with van der Waals surface area (Å²) in [7, 11) is 0. The smallest absolute Gasteiger partial charge is 0.271 e. The highest BCUT2D eigenvalue weighted by molar-refractivity contribution is 6.43. The molecule has 0 spiro atoms. The zero-order chi connectivity index (χ0) is 20.2. The maximum atomic E-state index is 12.7. The van der Waals surface area contributed by atoms with E-state index in [-0.39, 0.29) is 18.2 Å². The van der Waals surface area contributed by atoms with Gasteiger partial charge in [-0.2, -0.15) is 5.10 Å². The summed E-state index contributed by atoms with van der Waals surface area (Å²) in [5, 5.41) is 19.7. The summed E-state index contributed by atoms with van der Waals surface area (Å²) in [6.45, 7) is 2.27. The highest BCUT2D eigenvalue weighted by Gasteiger charge is 2.24. The molecule has 0 radical (unpaired) electrons. The Morgan fingerprint density at radius 2 is 1.97 bits per heavy atom. The number of amides is 2. The maximum Gasteiger partial charge on any atom is 0.271 e. The van der Waals surface area contributed by atoms with Gasteiger partial charge in [-0.05, 0) is 40.6 Å². The third-order valence-corrected chi connectivity index (χ3v) is 4.61. The number of nitrogens with one attached hydrogen (secondary N) is 1. The zero-order valence-electron chi connectivity index (χ0n) is 15.8. The highest BCUT2D eigenvalue weighted by Crippen LogP contribution is 2.19. The zero-order valence-corrected chi connectivity index (χ0v) is 15.8. The van der Waals surface area contributed by atoms with Crippen LogP contribution in [0.1, 0.15) is 24.0 Å². The molecule has 0 saturated carbocycles. The number of aromatic nitrogens is 4. The number of rotatable bonds is 5. The van der Waals surface area contributed by atoms with E-state index in [0.29, 0.717) is 24.4 Å². The predicted octanol–water partition coefficient (Wildman–Crippen LogP) is 2.09. The van der Waals surface area contributed by atoms with E-state index in [1.54, 1.807) is 12.1 Å². The van der Waals surface area contributed by atoms with Crippen LogP contribution in [0.5, 0.6) is 0 Å². The van der Waals surface area contributed by atoms with Gasteiger partial charge in [-0.25, -0.2) is 9.69 Å². The molecule has 9 heteroatoms. The first-order chi connectivity index (χ1) is 14.1. The highest BCUT2D eigenvalue weighted by atomic mass is 16.2. The van der Waals surface area contributed by atoms with Crippen molar-refractivity contribution in [1.82, 2.24) is 25.2 Å². The standard InChI is InChI=1S/C20H19N7O2/c1-14-7-8-16(11-18(14)27-13-21-24-25-27)22-20(29)17-9-10-19(28)26(23-17)12-15-5-3-2-4-6-15/h2-8,11,13H,9-10,12H2,1H3,(H,22,29). The molecule has 0 unspecified atom stereocenters. The van der Waals surface area contributed by atoms with Crippen LogP contribution in [0, 0.1) is 6.92 Å². The maximum absolute atomic E-state index is 12.7. The number of hydrogen-bond donors (Lipinski definition) is 1. The van der Waals surface area contributed by atoms with Crippen molar-refractivity contribution < 1.29 is 9.59 Å². The Labute approximate surface area is 167 Å². The third-order valence-electron chi connectivity index (χ3n) is 4.61. The topological polar surface area (TPSA) is 105 Å². The van der Waals surface area contributed by atoms with Crippen LogP contribution in [-0.4, -0.2) is 42.7 Å². The van der Waals surface area contributed by atoms with Crippen molar-refractivity contribution in [2.75, 3.05) is 5.32 Å². The van der Waals surface area contributed by atoms with Gasteiger partial charge in [-0.3, -0.25) is 9.59 Å². The van der Waals surface area contributed by atoms with Gasteiger partial charge >= 0.3 is 0 Å². The van der Waals surface area contributed by atoms with E-state index in [1.807, 2.05) is 43.3 Å². The van der Waals surface area contributed by atoms with Crippen LogP contribution >= 0.6 is 0 Å². The second-order valence-corrected chi connectivity index (χ2v) is 6.69. The Balaban J connectivity index is 1.51. The van der Waals surface area contributed by atoms with Crippen molar-refractivity contribution in [3.63, 3.8) is 0 Å². The van der Waals surface area contributed by atoms with E-state index in [4.69, 9.17) is 0 Å². The molecule has 0 bridgehead atoms. The van der Waals surface area contributed by atoms with Gasteiger partial charge in [-0.15, -0.1) is 5.10 Å². The van der Waals surface area contributed by atoms with Gasteiger partial charge in [-0.1, -0.05) is 36.4 Å². The summed E-state index contributed by atoms with van der Waals surface area (Å²) in [4.78, 5) is 24.9. The molecule has 1 aliphatic rings. The van der Waals surface area contributed by atoms with Crippen molar-refractivity contribution in [1.29, 1.82) is 0 Å². The fourth-order valence-corrected chi connectivity index (χ4v) is 3.05. The Morgan fingerprint density at radius 3 is 2.72 bits per heavy atom. The number of hydrogen-bond acceptors (Lipinski definition) is 6. The molecule has 0 aliphatic carbocycles. The lowest BCUT2D eigenvalue weighted by Gasteiger charge is -2.23. The Morgan fingerprint density at radius 1 is 1.14 bits per heavy atom. The molecule has 1 aliphatic heterocycles. The lowest BCUT2D eigenvalue weighted by Crippen LogP contribution is -2.36. The van der Waals surface area contributed by atoms with Crippen LogP contribution in [0.2, 0.25) is 0 Å². The predicted molar refractivity (Wildman–Crippen MR) is 106 cm³/mol. The van der Waals surface area contributed by atoms with Crippen LogP contribution < -0.4 is 5.32 Å². The number of benzene rings is 2. The van der Waals surface area contributed by atoms with Gasteiger partial charge in [0.05, 0.1) is 12.2 Å². The minimum Gasteiger partial charge on any atom is -0.321 e. The molecule has 29 heavy (non-hydrogen) atoms. The van der Waals surface area contributed by atoms with Gasteiger partial charge in [0.25, 0.3) is 5.91 Å². The summed E-state index contributed by atoms with van der Waals surface area (Å²) < 4.78 is 1.53. The molecule has 1 aromatic heterocycles. The summed E-state index contributed by atoms with van der Waals surface area (Å²) in [6, 6.07) is 15.0. The fourth-order valence-electron chi connectivity index (χ4n) is 3.05. The minimum absolute atomic E-state index is 0.0956. The molecule has 0 fully saturated rings. The number of nitrogens with zero attached hydrogens (tertiary/aromatic N) is 6. The van der Waals surface area contributed by atoms with E-state index in [1.165, 1.54) is 16.0 Å². The minimum atomic E-state index is -0.331. The first-order valence-corrected chi connectivity index (χ1v) is 9.17. The summed E-state index contributed by atoms with van der Waals surface area (Å²) in [6.07, 6.45) is 2.05. The van der Waals surface area contributed by atoms with Crippen LogP contribution in [0.25, 0.3) is 5.69 Å². The van der Waals surface area contributed by atoms with E-state index in [9.17, 15) is 9.59 Å². The number of anilines is 1. The number of carbonyl (C=O) groups is 2. The normalized spacial score (nSPS) is 13.9. The van der Waals surface area contributed by atoms with E-state index in [0.717, 1.165) is 16.8 Å². The second kappa shape index (κ2) is 8.01. The molecule has 0 saturated heterocycles. The Bertz CT molecular complexity index is 1060. The molecule has 9 nitrogen and oxygen atoms in total. The number of tetrazole rings is 1. The quantitative estimate of drug-likeness (QED) is 0.719. The molecule has 4 rings (SSSR count). The Kier molecular flexibility index (Phi) is 5.10. The first-order valence-electron chi connectivity index (χ1n) is 9.17. The fraction of sp³-hybridized carbons (Fsp3) is 0.200. The van der Waals surface area contributed by atoms with Gasteiger partial charge in [0.1, 0.15) is 12.0 Å². The number of aryl methyl sites for hydroxylation is 1. The van der Waals surface area contributed by atoms with Crippen molar-refractivity contribution in [2.45, 2.75) is 26.3 Å². The van der Waals surface area contributed by atoms with Crippen LogP contribution in [0.3, 0.4) is 0 Å². The van der Waals surface area contributed by atoms with Crippen molar-refractivity contribution in [2.24, 2.45) is 5.10 Å². The number of carbonyl (C=O) groups excluding carboxylic acids is 2. The molecule has 3 aromatic rings. The molecule has 1 N–H and O–H groups in total. The average Bonchev–Trinajstić information content (AvgIpc) is 3.26. The molecular formula is C20H19N7O2. The Hall–Kier alpha value is -3.88. The van der Waals surface area contributed by atoms with Crippen molar-refractivity contribution >= 4 is 23.2 Å². The number of hydrazone groups is 1. The molecule has 2 aromatic carbocycles. The molecule has 146 valence electrons. The molecular weight excluding hydrogens is 370 g/mol. The third kappa shape index (κ3) is 4.18. The summed E-state index contributed by atoms with van der Waals surface area (Å²) in [5.41, 5.74) is 3.60. The summed E-state index contributed by atoms with van der Waals surface area (Å²) in [5.74, 6) is -0.427. The van der Waals surface area contributed by atoms with Crippen LogP contribution in [-0.2, 0) is 16.1 Å². The molecule has 2 heterocycles. The van der Waals surface area contributed by atoms with Gasteiger partial charge in [0.2, 0.25) is 5.91 Å². The molecule has 2 amide bonds. The largest absolute Gasteiger partial charge is 0.321 e. The van der Waals surface area contributed by atoms with Crippen molar-refractivity contribution in [3.8, 4) is 5.69 Å². The van der Waals surface area contributed by atoms with E-state index < -0.39 is 0 Å². The van der Waals surface area contributed by atoms with Gasteiger partial charge < -0.3 is 5.32 Å². The van der Waals surface area contributed by atoms with Gasteiger partial charge in [0, 0.05) is 18.5 Å². The van der Waals surface area contributed by atoms with Crippen LogP contribution in [0.4, 0.5) is 5.69 Å². The second-order valence-electron chi connectivity index (χ2n) is 6.69. The van der Waals surface area contributed by atoms with E-state index in [2.05, 4.69) is 25.9 Å². The average molecular weight is 389 g/mol. The van der Waals surface area contributed by atoms with Gasteiger partial charge in [0.15, 0.2) is 0 Å². The molecule has 0 atom stereocenters. The first kappa shape index (κ1) is 18.5. The van der Waals surface area contributed by atoms with E-state index >= 15 is 0 Å². The lowest BCUT2D eigenvalue weighted by molar-refractivity contribution is -0.132. The SMILES string of the molecule is Cc1ccc(NC(=O)C2=NN(Cc3ccccc3)C(=O)CC2)cc1-n1cnnn1. The van der Waals surface area contributed by atoms with Crippen LogP contribution in [0.15, 0.2) is 60.0 Å². The van der Waals surface area contributed by atoms with Crippen molar-refractivity contribution in [3.05, 3.63) is 66.0 Å². The summed E-state index contributed by atoms with van der Waals surface area (Å²) >= 11 is 0. The lowest BCUT2D eigenvalue weighted by atomic mass is 10.1.